The molecule has 0 aliphatic rings. The van der Waals surface area contributed by atoms with Gasteiger partial charge in [-0.25, -0.2) is 5.06 Å². The van der Waals surface area contributed by atoms with Gasteiger partial charge in [0.25, 0.3) is 0 Å². The van der Waals surface area contributed by atoms with Crippen LogP contribution in [0.5, 0.6) is 5.75 Å². The Bertz CT molecular complexity index is 611. The number of hydrogen-bond donors (Lipinski definition) is 0. The van der Waals surface area contributed by atoms with Crippen LogP contribution in [0.15, 0.2) is 91.0 Å². The van der Waals surface area contributed by atoms with Crippen LogP contribution >= 0.6 is 0 Å². The van der Waals surface area contributed by atoms with Crippen molar-refractivity contribution in [2.45, 2.75) is 6.54 Å². The van der Waals surface area contributed by atoms with Gasteiger partial charge in [0.15, 0.2) is 5.75 Å². The topological polar surface area (TPSA) is 12.5 Å². The summed E-state index contributed by atoms with van der Waals surface area (Å²) in [4.78, 5) is 6.04. The van der Waals surface area contributed by atoms with Crippen LogP contribution in [0.2, 0.25) is 0 Å². The van der Waals surface area contributed by atoms with Crippen LogP contribution in [0.3, 0.4) is 0 Å². The molecule has 0 radical (unpaired) electrons. The lowest BCUT2D eigenvalue weighted by Gasteiger charge is -2.24. The maximum absolute atomic E-state index is 6.04. The van der Waals surface area contributed by atoms with E-state index >= 15 is 0 Å². The number of para-hydroxylation sites is 2. The van der Waals surface area contributed by atoms with E-state index in [1.165, 1.54) is 5.56 Å². The molecule has 0 fully saturated rings. The van der Waals surface area contributed by atoms with Gasteiger partial charge in [0.2, 0.25) is 0 Å². The molecule has 0 unspecified atom stereocenters. The Balaban J connectivity index is 1.84. The zero-order chi connectivity index (χ0) is 14.3. The first-order valence-electron chi connectivity index (χ1n) is 7.01. The number of hydrogen-bond acceptors (Lipinski definition) is 2. The van der Waals surface area contributed by atoms with E-state index < -0.39 is 0 Å². The SMILES string of the molecule is c1ccc(CN(Oc2ccccc2)c2ccccc2)cc1. The molecule has 3 aromatic rings. The van der Waals surface area contributed by atoms with Gasteiger partial charge in [0.1, 0.15) is 0 Å². The van der Waals surface area contributed by atoms with Gasteiger partial charge in [-0.05, 0) is 29.8 Å². The molecule has 0 heterocycles. The van der Waals surface area contributed by atoms with E-state index in [4.69, 9.17) is 4.84 Å². The first-order valence-corrected chi connectivity index (χ1v) is 7.01. The van der Waals surface area contributed by atoms with Gasteiger partial charge >= 0.3 is 0 Å². The van der Waals surface area contributed by atoms with Crippen molar-refractivity contribution >= 4 is 5.69 Å². The van der Waals surface area contributed by atoms with Crippen LogP contribution in [0.1, 0.15) is 5.56 Å². The lowest BCUT2D eigenvalue weighted by molar-refractivity contribution is 0.274. The molecule has 3 aromatic carbocycles. The number of rotatable bonds is 5. The minimum atomic E-state index is 0.694. The van der Waals surface area contributed by atoms with Gasteiger partial charge in [-0.1, -0.05) is 66.7 Å². The summed E-state index contributed by atoms with van der Waals surface area (Å²) in [7, 11) is 0. The summed E-state index contributed by atoms with van der Waals surface area (Å²) < 4.78 is 0. The van der Waals surface area contributed by atoms with Crippen molar-refractivity contribution in [2.75, 3.05) is 5.06 Å². The number of benzene rings is 3. The Morgan fingerprint density at radius 2 is 1.14 bits per heavy atom. The summed E-state index contributed by atoms with van der Waals surface area (Å²) in [5.74, 6) is 0.831. The highest BCUT2D eigenvalue weighted by atomic mass is 16.7. The maximum Gasteiger partial charge on any atom is 0.155 e. The second-order valence-corrected chi connectivity index (χ2v) is 4.76. The molecule has 0 aromatic heterocycles. The molecule has 0 bridgehead atoms. The molecule has 0 N–H and O–H groups in total. The smallest absolute Gasteiger partial charge is 0.155 e. The second kappa shape index (κ2) is 6.62. The molecule has 2 heteroatoms. The van der Waals surface area contributed by atoms with Crippen LogP contribution in [-0.2, 0) is 6.54 Å². The summed E-state index contributed by atoms with van der Waals surface area (Å²) in [5, 5.41) is 1.91. The average Bonchev–Trinajstić information content (AvgIpc) is 2.57. The second-order valence-electron chi connectivity index (χ2n) is 4.76. The van der Waals surface area contributed by atoms with Crippen molar-refractivity contribution in [2.24, 2.45) is 0 Å². The van der Waals surface area contributed by atoms with Crippen LogP contribution in [0, 0.1) is 0 Å². The summed E-state index contributed by atoms with van der Waals surface area (Å²) in [6.45, 7) is 0.694. The Labute approximate surface area is 125 Å². The molecule has 0 spiro atoms. The fraction of sp³-hybridized carbons (Fsp3) is 0.0526. The highest BCUT2D eigenvalue weighted by Crippen LogP contribution is 2.20. The number of nitrogens with zero attached hydrogens (tertiary/aromatic N) is 1. The van der Waals surface area contributed by atoms with Crippen molar-refractivity contribution in [1.29, 1.82) is 0 Å². The molecular weight excluding hydrogens is 258 g/mol. The summed E-state index contributed by atoms with van der Waals surface area (Å²) in [6, 6.07) is 30.3. The summed E-state index contributed by atoms with van der Waals surface area (Å²) in [6.07, 6.45) is 0. The predicted octanol–water partition coefficient (Wildman–Crippen LogP) is 4.69. The third kappa shape index (κ3) is 3.63. The normalized spacial score (nSPS) is 10.1. The van der Waals surface area contributed by atoms with Crippen molar-refractivity contribution in [3.05, 3.63) is 96.6 Å². The largest absolute Gasteiger partial charge is 0.379 e. The van der Waals surface area contributed by atoms with Gasteiger partial charge in [-0.3, -0.25) is 0 Å². The standard InChI is InChI=1S/C19H17NO/c1-4-10-17(11-5-1)16-20(18-12-6-2-7-13-18)21-19-14-8-3-9-15-19/h1-15H,16H2. The number of hydroxylamine groups is 1. The molecule has 0 aliphatic carbocycles. The van der Waals surface area contributed by atoms with Crippen molar-refractivity contribution in [1.82, 2.24) is 0 Å². The summed E-state index contributed by atoms with van der Waals surface area (Å²) in [5.41, 5.74) is 2.24. The molecule has 2 nitrogen and oxygen atoms in total. The van der Waals surface area contributed by atoms with Crippen LogP contribution in [0.25, 0.3) is 0 Å². The highest BCUT2D eigenvalue weighted by Gasteiger charge is 2.09. The van der Waals surface area contributed by atoms with Crippen molar-refractivity contribution < 1.29 is 4.84 Å². The van der Waals surface area contributed by atoms with Gasteiger partial charge in [-0.15, -0.1) is 0 Å². The number of anilines is 1. The summed E-state index contributed by atoms with van der Waals surface area (Å²) >= 11 is 0. The monoisotopic (exact) mass is 275 g/mol. The first-order chi connectivity index (χ1) is 10.4. The van der Waals surface area contributed by atoms with Gasteiger partial charge in [0, 0.05) is 0 Å². The Morgan fingerprint density at radius 3 is 1.76 bits per heavy atom. The Morgan fingerprint density at radius 1 is 0.619 bits per heavy atom. The molecule has 0 saturated carbocycles. The van der Waals surface area contributed by atoms with E-state index in [0.29, 0.717) is 6.54 Å². The molecule has 0 atom stereocenters. The Hall–Kier alpha value is -2.74. The van der Waals surface area contributed by atoms with E-state index in [9.17, 15) is 0 Å². The fourth-order valence-corrected chi connectivity index (χ4v) is 2.13. The fourth-order valence-electron chi connectivity index (χ4n) is 2.13. The quantitative estimate of drug-likeness (QED) is 0.626. The van der Waals surface area contributed by atoms with Gasteiger partial charge in [-0.2, -0.15) is 0 Å². The first kappa shape index (κ1) is 13.3. The minimum Gasteiger partial charge on any atom is -0.379 e. The minimum absolute atomic E-state index is 0.694. The maximum atomic E-state index is 6.04. The average molecular weight is 275 g/mol. The molecule has 0 saturated heterocycles. The van der Waals surface area contributed by atoms with Crippen molar-refractivity contribution in [3.8, 4) is 5.75 Å². The molecule has 21 heavy (non-hydrogen) atoms. The van der Waals surface area contributed by atoms with Gasteiger partial charge in [0.05, 0.1) is 12.2 Å². The lowest BCUT2D eigenvalue weighted by Crippen LogP contribution is -2.26. The third-order valence-corrected chi connectivity index (χ3v) is 3.17. The van der Waals surface area contributed by atoms with Crippen molar-refractivity contribution in [3.63, 3.8) is 0 Å². The molecule has 3 rings (SSSR count). The van der Waals surface area contributed by atoms with E-state index in [0.717, 1.165) is 11.4 Å². The van der Waals surface area contributed by atoms with E-state index in [-0.39, 0.29) is 0 Å². The van der Waals surface area contributed by atoms with E-state index in [1.54, 1.807) is 0 Å². The Kier molecular flexibility index (Phi) is 4.18. The molecule has 104 valence electrons. The zero-order valence-corrected chi connectivity index (χ0v) is 11.7. The van der Waals surface area contributed by atoms with Crippen LogP contribution < -0.4 is 9.90 Å². The lowest BCUT2D eigenvalue weighted by atomic mass is 10.2. The zero-order valence-electron chi connectivity index (χ0n) is 11.7. The third-order valence-electron chi connectivity index (χ3n) is 3.17. The molecule has 0 aliphatic heterocycles. The van der Waals surface area contributed by atoms with Gasteiger partial charge < -0.3 is 4.84 Å². The van der Waals surface area contributed by atoms with Crippen LogP contribution in [-0.4, -0.2) is 0 Å². The molecule has 0 amide bonds. The van der Waals surface area contributed by atoms with E-state index in [1.807, 2.05) is 83.9 Å². The van der Waals surface area contributed by atoms with Crippen LogP contribution in [0.4, 0.5) is 5.69 Å². The predicted molar refractivity (Wildman–Crippen MR) is 86.1 cm³/mol. The highest BCUT2D eigenvalue weighted by molar-refractivity contribution is 5.45. The molecular formula is C19H17NO. The van der Waals surface area contributed by atoms with E-state index in [2.05, 4.69) is 12.1 Å².